The van der Waals surface area contributed by atoms with Gasteiger partial charge in [0.15, 0.2) is 0 Å². The van der Waals surface area contributed by atoms with E-state index in [4.69, 9.17) is 11.6 Å². The van der Waals surface area contributed by atoms with Crippen LogP contribution in [0.4, 0.5) is 11.4 Å². The predicted octanol–water partition coefficient (Wildman–Crippen LogP) is 3.31. The molecule has 106 valence electrons. The van der Waals surface area contributed by atoms with E-state index in [9.17, 15) is 8.42 Å². The van der Waals surface area contributed by atoms with Gasteiger partial charge < -0.3 is 5.32 Å². The highest BCUT2D eigenvalue weighted by atomic mass is 35.5. The van der Waals surface area contributed by atoms with E-state index in [1.165, 1.54) is 12.8 Å². The average molecular weight is 303 g/mol. The average Bonchev–Trinajstić information content (AvgIpc) is 3.12. The molecule has 1 aliphatic carbocycles. The van der Waals surface area contributed by atoms with Gasteiger partial charge >= 0.3 is 0 Å². The number of hydrogen-bond donors (Lipinski definition) is 2. The summed E-state index contributed by atoms with van der Waals surface area (Å²) in [6, 6.07) is 5.78. The molecule has 2 rings (SSSR count). The zero-order chi connectivity index (χ0) is 14.0. The van der Waals surface area contributed by atoms with Crippen molar-refractivity contribution in [2.24, 2.45) is 5.92 Å². The second-order valence-corrected chi connectivity index (χ2v) is 7.22. The van der Waals surface area contributed by atoms with Gasteiger partial charge in [-0.3, -0.25) is 4.72 Å². The van der Waals surface area contributed by atoms with Crippen LogP contribution in [-0.2, 0) is 10.0 Å². The smallest absolute Gasteiger partial charge is 0.229 e. The molecule has 0 heterocycles. The normalized spacial score (nSPS) is 17.0. The van der Waals surface area contributed by atoms with Crippen LogP contribution in [0.1, 0.15) is 26.2 Å². The Hall–Kier alpha value is -0.940. The molecule has 1 aromatic rings. The predicted molar refractivity (Wildman–Crippen MR) is 80.3 cm³/mol. The van der Waals surface area contributed by atoms with Crippen molar-refractivity contribution in [3.05, 3.63) is 23.2 Å². The molecule has 0 spiro atoms. The molecule has 1 saturated carbocycles. The van der Waals surface area contributed by atoms with E-state index in [1.54, 1.807) is 12.1 Å². The van der Waals surface area contributed by atoms with E-state index < -0.39 is 10.0 Å². The maximum absolute atomic E-state index is 11.2. The fourth-order valence-corrected chi connectivity index (χ4v) is 3.01. The lowest BCUT2D eigenvalue weighted by Crippen LogP contribution is -2.20. The van der Waals surface area contributed by atoms with Gasteiger partial charge in [-0.2, -0.15) is 0 Å². The summed E-state index contributed by atoms with van der Waals surface area (Å²) >= 11 is 6.09. The number of benzene rings is 1. The van der Waals surface area contributed by atoms with Gasteiger partial charge in [-0.15, -0.1) is 0 Å². The summed E-state index contributed by atoms with van der Waals surface area (Å²) < 4.78 is 24.7. The minimum atomic E-state index is -3.30. The summed E-state index contributed by atoms with van der Waals surface area (Å²) in [5.74, 6) is 0.762. The Kier molecular flexibility index (Phi) is 4.26. The Balaban J connectivity index is 2.09. The van der Waals surface area contributed by atoms with Crippen LogP contribution in [0.5, 0.6) is 0 Å². The summed E-state index contributed by atoms with van der Waals surface area (Å²) in [6.07, 6.45) is 4.75. The van der Waals surface area contributed by atoms with Gasteiger partial charge in [0.1, 0.15) is 0 Å². The van der Waals surface area contributed by atoms with Gasteiger partial charge in [-0.05, 0) is 43.4 Å². The molecular weight excluding hydrogens is 284 g/mol. The van der Waals surface area contributed by atoms with Gasteiger partial charge in [0, 0.05) is 11.7 Å². The highest BCUT2D eigenvalue weighted by Gasteiger charge is 2.29. The quantitative estimate of drug-likeness (QED) is 0.847. The first-order chi connectivity index (χ1) is 8.89. The first-order valence-electron chi connectivity index (χ1n) is 6.43. The fourth-order valence-electron chi connectivity index (χ4n) is 2.15. The molecule has 0 aromatic heterocycles. The summed E-state index contributed by atoms with van der Waals surface area (Å²) in [5.41, 5.74) is 1.34. The fraction of sp³-hybridized carbons (Fsp3) is 0.538. The highest BCUT2D eigenvalue weighted by Crippen LogP contribution is 2.36. The largest absolute Gasteiger partial charge is 0.382 e. The molecule has 0 bridgehead atoms. The zero-order valence-corrected chi connectivity index (χ0v) is 12.7. The third-order valence-electron chi connectivity index (χ3n) is 3.25. The first-order valence-corrected chi connectivity index (χ1v) is 8.70. The second-order valence-electron chi connectivity index (χ2n) is 5.07. The lowest BCUT2D eigenvalue weighted by Gasteiger charge is -2.18. The van der Waals surface area contributed by atoms with Gasteiger partial charge in [0.25, 0.3) is 0 Å². The van der Waals surface area contributed by atoms with Crippen molar-refractivity contribution in [2.75, 3.05) is 16.3 Å². The Labute approximate surface area is 119 Å². The van der Waals surface area contributed by atoms with E-state index in [0.717, 1.165) is 24.3 Å². The van der Waals surface area contributed by atoms with Crippen molar-refractivity contribution >= 4 is 33.0 Å². The highest BCUT2D eigenvalue weighted by molar-refractivity contribution is 7.92. The van der Waals surface area contributed by atoms with Crippen LogP contribution in [0.25, 0.3) is 0 Å². The summed E-state index contributed by atoms with van der Waals surface area (Å²) in [7, 11) is -3.30. The van der Waals surface area contributed by atoms with Crippen LogP contribution >= 0.6 is 11.6 Å². The van der Waals surface area contributed by atoms with Gasteiger partial charge in [0.05, 0.1) is 17.0 Å². The van der Waals surface area contributed by atoms with E-state index in [0.29, 0.717) is 16.8 Å². The second kappa shape index (κ2) is 5.59. The van der Waals surface area contributed by atoms with Gasteiger partial charge in [-0.1, -0.05) is 18.5 Å². The summed E-state index contributed by atoms with van der Waals surface area (Å²) in [4.78, 5) is 0. The molecule has 0 radical (unpaired) electrons. The number of halogens is 1. The third kappa shape index (κ3) is 4.28. The number of nitrogens with one attached hydrogen (secondary N) is 2. The van der Waals surface area contributed by atoms with E-state index in [2.05, 4.69) is 17.0 Å². The molecule has 1 aliphatic rings. The van der Waals surface area contributed by atoms with Crippen molar-refractivity contribution in [3.8, 4) is 0 Å². The third-order valence-corrected chi connectivity index (χ3v) is 4.15. The van der Waals surface area contributed by atoms with Crippen molar-refractivity contribution in [1.29, 1.82) is 0 Å². The molecule has 0 aliphatic heterocycles. The molecular formula is C13H19ClN2O2S. The van der Waals surface area contributed by atoms with Crippen molar-refractivity contribution in [3.63, 3.8) is 0 Å². The van der Waals surface area contributed by atoms with Gasteiger partial charge in [-0.25, -0.2) is 8.42 Å². The molecule has 4 nitrogen and oxygen atoms in total. The van der Waals surface area contributed by atoms with Crippen LogP contribution in [-0.4, -0.2) is 20.7 Å². The number of anilines is 2. The number of sulfonamides is 1. The van der Waals surface area contributed by atoms with E-state index in [1.807, 2.05) is 6.07 Å². The Morgan fingerprint density at radius 3 is 2.58 bits per heavy atom. The minimum Gasteiger partial charge on any atom is -0.382 e. The molecule has 1 atom stereocenters. The molecule has 0 amide bonds. The van der Waals surface area contributed by atoms with Crippen molar-refractivity contribution in [2.45, 2.75) is 32.2 Å². The van der Waals surface area contributed by atoms with Gasteiger partial charge in [0.2, 0.25) is 10.0 Å². The minimum absolute atomic E-state index is 0.404. The molecule has 0 saturated heterocycles. The number of rotatable bonds is 6. The zero-order valence-electron chi connectivity index (χ0n) is 11.1. The van der Waals surface area contributed by atoms with Crippen molar-refractivity contribution in [1.82, 2.24) is 0 Å². The van der Waals surface area contributed by atoms with Crippen LogP contribution in [0.3, 0.4) is 0 Å². The van der Waals surface area contributed by atoms with Crippen LogP contribution in [0, 0.1) is 5.92 Å². The molecule has 1 unspecified atom stereocenters. The molecule has 6 heteroatoms. The monoisotopic (exact) mass is 302 g/mol. The molecule has 2 N–H and O–H groups in total. The molecule has 19 heavy (non-hydrogen) atoms. The molecule has 1 fully saturated rings. The lowest BCUT2D eigenvalue weighted by molar-refractivity contribution is 0.607. The standard InChI is InChI=1S/C13H19ClN2O2S/c1-3-12(9-4-5-9)15-10-6-7-13(11(14)8-10)16-19(2,17)18/h6-9,12,15-16H,3-5H2,1-2H3. The van der Waals surface area contributed by atoms with Crippen LogP contribution < -0.4 is 10.0 Å². The first kappa shape index (κ1) is 14.5. The number of hydrogen-bond acceptors (Lipinski definition) is 3. The Bertz CT molecular complexity index is 556. The topological polar surface area (TPSA) is 58.2 Å². The Morgan fingerprint density at radius 2 is 2.11 bits per heavy atom. The van der Waals surface area contributed by atoms with E-state index >= 15 is 0 Å². The summed E-state index contributed by atoms with van der Waals surface area (Å²) in [6.45, 7) is 2.16. The van der Waals surface area contributed by atoms with Crippen LogP contribution in [0.2, 0.25) is 5.02 Å². The SMILES string of the molecule is CCC(Nc1ccc(NS(C)(=O)=O)c(Cl)c1)C1CC1. The maximum Gasteiger partial charge on any atom is 0.229 e. The van der Waals surface area contributed by atoms with E-state index in [-0.39, 0.29) is 0 Å². The van der Waals surface area contributed by atoms with Crippen molar-refractivity contribution < 1.29 is 8.42 Å². The maximum atomic E-state index is 11.2. The summed E-state index contributed by atoms with van der Waals surface area (Å²) in [5, 5.41) is 3.86. The molecule has 1 aromatic carbocycles. The lowest BCUT2D eigenvalue weighted by atomic mass is 10.1. The Morgan fingerprint density at radius 1 is 1.42 bits per heavy atom. The van der Waals surface area contributed by atoms with Crippen LogP contribution in [0.15, 0.2) is 18.2 Å².